The van der Waals surface area contributed by atoms with Gasteiger partial charge >= 0.3 is 24.0 Å². The number of nitrogens with zero attached hydrogens (tertiary/aromatic N) is 1. The van der Waals surface area contributed by atoms with Crippen LogP contribution in [0.4, 0.5) is 10.5 Å². The molecule has 0 saturated heterocycles. The van der Waals surface area contributed by atoms with Gasteiger partial charge in [-0.3, -0.25) is 14.4 Å². The molecular formula is C21H28N2O9. The Hall–Kier alpha value is -3.76. The van der Waals surface area contributed by atoms with Gasteiger partial charge in [0.25, 0.3) is 0 Å². The number of anilines is 1. The third kappa shape index (κ3) is 14.3. The van der Waals surface area contributed by atoms with E-state index in [9.17, 15) is 24.0 Å². The minimum Gasteiger partial charge on any atom is -0.428 e. The quantitative estimate of drug-likeness (QED) is 0.374. The van der Waals surface area contributed by atoms with E-state index in [0.29, 0.717) is 11.4 Å². The van der Waals surface area contributed by atoms with Crippen molar-refractivity contribution in [2.45, 2.75) is 41.5 Å². The molecule has 11 nitrogen and oxygen atoms in total. The van der Waals surface area contributed by atoms with Crippen LogP contribution < -0.4 is 5.32 Å². The maximum absolute atomic E-state index is 11.7. The van der Waals surface area contributed by atoms with E-state index in [4.69, 9.17) is 4.74 Å². The molecule has 0 fully saturated rings. The van der Waals surface area contributed by atoms with Crippen molar-refractivity contribution >= 4 is 41.3 Å². The summed E-state index contributed by atoms with van der Waals surface area (Å²) in [5.74, 6) is -1.97. The summed E-state index contributed by atoms with van der Waals surface area (Å²) in [7, 11) is 0. The van der Waals surface area contributed by atoms with Crippen LogP contribution in [-0.4, -0.2) is 49.2 Å². The van der Waals surface area contributed by atoms with E-state index < -0.39 is 30.8 Å². The number of amides is 2. The third-order valence-electron chi connectivity index (χ3n) is 3.10. The first-order valence-electron chi connectivity index (χ1n) is 9.45. The molecule has 0 saturated carbocycles. The Morgan fingerprint density at radius 2 is 1.44 bits per heavy atom. The number of carbonyl (C=O) groups excluding carboxylic acids is 5. The Labute approximate surface area is 186 Å². The number of esters is 3. The molecule has 176 valence electrons. The molecule has 0 aliphatic rings. The normalized spacial score (nSPS) is 9.47. The van der Waals surface area contributed by atoms with Gasteiger partial charge in [0.2, 0.25) is 19.5 Å². The zero-order valence-corrected chi connectivity index (χ0v) is 18.9. The fourth-order valence-corrected chi connectivity index (χ4v) is 1.64. The molecule has 0 unspecified atom stereocenters. The van der Waals surface area contributed by atoms with E-state index in [1.807, 2.05) is 0 Å². The molecule has 1 aromatic carbocycles. The number of rotatable bonds is 7. The summed E-state index contributed by atoms with van der Waals surface area (Å²) >= 11 is 0. The van der Waals surface area contributed by atoms with Crippen molar-refractivity contribution in [2.24, 2.45) is 10.9 Å². The number of benzene rings is 1. The van der Waals surface area contributed by atoms with Gasteiger partial charge in [0.05, 0.1) is 5.56 Å². The van der Waals surface area contributed by atoms with Crippen LogP contribution in [0.1, 0.15) is 51.9 Å². The van der Waals surface area contributed by atoms with E-state index in [-0.39, 0.29) is 24.2 Å². The monoisotopic (exact) mass is 452 g/mol. The lowest BCUT2D eigenvalue weighted by molar-refractivity contribution is -0.150. The zero-order valence-electron chi connectivity index (χ0n) is 18.9. The second kappa shape index (κ2) is 15.1. The third-order valence-corrected chi connectivity index (χ3v) is 3.10. The van der Waals surface area contributed by atoms with Gasteiger partial charge in [0.15, 0.2) is 0 Å². The second-order valence-electron chi connectivity index (χ2n) is 6.63. The molecule has 0 aliphatic carbocycles. The van der Waals surface area contributed by atoms with Gasteiger partial charge in [-0.05, 0) is 32.0 Å². The minimum absolute atomic E-state index is 0.143. The lowest BCUT2D eigenvalue weighted by Gasteiger charge is -2.09. The first kappa shape index (κ1) is 28.2. The van der Waals surface area contributed by atoms with Crippen molar-refractivity contribution in [3.63, 3.8) is 0 Å². The predicted octanol–water partition coefficient (Wildman–Crippen LogP) is 3.08. The molecule has 0 heterocycles. The number of hydrogen-bond donors (Lipinski definition) is 1. The summed E-state index contributed by atoms with van der Waals surface area (Å²) < 4.78 is 18.0. The van der Waals surface area contributed by atoms with Crippen LogP contribution >= 0.6 is 0 Å². The first-order chi connectivity index (χ1) is 14.9. The van der Waals surface area contributed by atoms with Gasteiger partial charge in [-0.2, -0.15) is 4.99 Å². The summed E-state index contributed by atoms with van der Waals surface area (Å²) in [4.78, 5) is 58.0. The van der Waals surface area contributed by atoms with Crippen LogP contribution in [0, 0.1) is 5.92 Å². The smallest absolute Gasteiger partial charge is 0.428 e. The Morgan fingerprint density at radius 1 is 0.875 bits per heavy atom. The summed E-state index contributed by atoms with van der Waals surface area (Å²) in [5, 5.41) is 2.68. The van der Waals surface area contributed by atoms with Crippen LogP contribution in [0.3, 0.4) is 0 Å². The van der Waals surface area contributed by atoms with Crippen LogP contribution in [0.25, 0.3) is 0 Å². The van der Waals surface area contributed by atoms with Crippen molar-refractivity contribution < 1.29 is 42.9 Å². The fourth-order valence-electron chi connectivity index (χ4n) is 1.64. The standard InChI is InChI=1S/C14H17NO5.C7H11NO4/c1-9(2)13(17)15-12-6-4-5-11(7-12)14(18)20-8-19-10(3)16;1-5(2)8-7(10)12-4-11-6(3)9/h4-7,9H,8H2,1-3H3,(H,15,17);4H2,1-3H3. The largest absolute Gasteiger partial charge is 0.436 e. The number of nitrogens with one attached hydrogen (secondary N) is 1. The molecule has 32 heavy (non-hydrogen) atoms. The average Bonchev–Trinajstić information content (AvgIpc) is 2.67. The van der Waals surface area contributed by atoms with Gasteiger partial charge in [0, 0.05) is 31.2 Å². The van der Waals surface area contributed by atoms with E-state index >= 15 is 0 Å². The molecule has 0 bridgehead atoms. The van der Waals surface area contributed by atoms with Gasteiger partial charge in [-0.25, -0.2) is 9.59 Å². The number of ether oxygens (including phenoxy) is 4. The van der Waals surface area contributed by atoms with Crippen LogP contribution in [0.5, 0.6) is 0 Å². The highest BCUT2D eigenvalue weighted by Gasteiger charge is 2.11. The van der Waals surface area contributed by atoms with Crippen molar-refractivity contribution in [3.05, 3.63) is 29.8 Å². The summed E-state index contributed by atoms with van der Waals surface area (Å²) in [6.07, 6.45) is -0.753. The number of hydrogen-bond acceptors (Lipinski definition) is 9. The van der Waals surface area contributed by atoms with Crippen molar-refractivity contribution in [3.8, 4) is 0 Å². The Morgan fingerprint density at radius 3 is 1.94 bits per heavy atom. The SMILES string of the molecule is CC(=O)OCOC(=O)N=C(C)C.CC(=O)OCOC(=O)c1cccc(NC(=O)C(C)C)c1. The minimum atomic E-state index is -0.753. The first-order valence-corrected chi connectivity index (χ1v) is 9.45. The van der Waals surface area contributed by atoms with E-state index in [0.717, 1.165) is 0 Å². The highest BCUT2D eigenvalue weighted by atomic mass is 16.7. The lowest BCUT2D eigenvalue weighted by Crippen LogP contribution is -2.18. The Bertz CT molecular complexity index is 843. The van der Waals surface area contributed by atoms with Crippen molar-refractivity contribution in [2.75, 3.05) is 18.9 Å². The molecule has 0 atom stereocenters. The molecule has 0 spiro atoms. The fraction of sp³-hybridized carbons (Fsp3) is 0.429. The van der Waals surface area contributed by atoms with E-state index in [2.05, 4.69) is 24.5 Å². The van der Waals surface area contributed by atoms with Crippen molar-refractivity contribution in [1.29, 1.82) is 0 Å². The van der Waals surface area contributed by atoms with Crippen LogP contribution in [0.2, 0.25) is 0 Å². The predicted molar refractivity (Wildman–Crippen MR) is 114 cm³/mol. The molecule has 0 aromatic heterocycles. The maximum atomic E-state index is 11.7. The highest BCUT2D eigenvalue weighted by Crippen LogP contribution is 2.13. The molecular weight excluding hydrogens is 424 g/mol. The van der Waals surface area contributed by atoms with Crippen LogP contribution in [0.15, 0.2) is 29.3 Å². The van der Waals surface area contributed by atoms with Crippen LogP contribution in [-0.2, 0) is 33.3 Å². The van der Waals surface area contributed by atoms with Gasteiger partial charge in [-0.1, -0.05) is 19.9 Å². The topological polar surface area (TPSA) is 147 Å². The molecule has 0 aliphatic heterocycles. The summed E-state index contributed by atoms with van der Waals surface area (Å²) in [5.41, 5.74) is 1.35. The Kier molecular flexibility index (Phi) is 13.3. The molecule has 11 heteroatoms. The molecule has 1 N–H and O–H groups in total. The summed E-state index contributed by atoms with van der Waals surface area (Å²) in [6, 6.07) is 6.33. The highest BCUT2D eigenvalue weighted by molar-refractivity contribution is 5.95. The van der Waals surface area contributed by atoms with E-state index in [1.54, 1.807) is 45.9 Å². The van der Waals surface area contributed by atoms with Crippen molar-refractivity contribution in [1.82, 2.24) is 0 Å². The van der Waals surface area contributed by atoms with Gasteiger partial charge in [-0.15, -0.1) is 0 Å². The Balaban J connectivity index is 0.000000687. The maximum Gasteiger partial charge on any atom is 0.436 e. The number of carbonyl (C=O) groups is 5. The molecule has 1 rings (SSSR count). The van der Waals surface area contributed by atoms with E-state index in [1.165, 1.54) is 19.9 Å². The second-order valence-corrected chi connectivity index (χ2v) is 6.63. The van der Waals surface area contributed by atoms with Gasteiger partial charge in [0.1, 0.15) is 0 Å². The lowest BCUT2D eigenvalue weighted by atomic mass is 10.1. The number of aliphatic imine (C=N–C) groups is 1. The average molecular weight is 452 g/mol. The van der Waals surface area contributed by atoms with Gasteiger partial charge < -0.3 is 24.3 Å². The molecule has 2 amide bonds. The molecule has 0 radical (unpaired) electrons. The zero-order chi connectivity index (χ0) is 24.7. The summed E-state index contributed by atoms with van der Waals surface area (Å²) in [6.45, 7) is 8.49. The molecule has 1 aromatic rings.